The molecule has 1 aliphatic heterocycles. The van der Waals surface area contributed by atoms with Crippen LogP contribution in [0.1, 0.15) is 28.9 Å². The maximum Gasteiger partial charge on any atom is 0.305 e. The first-order chi connectivity index (χ1) is 10.2. The first-order valence-corrected chi connectivity index (χ1v) is 7.78. The average molecular weight is 304 g/mol. The maximum absolute atomic E-state index is 12.7. The second kappa shape index (κ2) is 5.73. The van der Waals surface area contributed by atoms with Gasteiger partial charge in [0.15, 0.2) is 0 Å². The van der Waals surface area contributed by atoms with Gasteiger partial charge in [-0.05, 0) is 36.4 Å². The summed E-state index contributed by atoms with van der Waals surface area (Å²) in [4.78, 5) is 26.1. The van der Waals surface area contributed by atoms with E-state index in [-0.39, 0.29) is 18.4 Å². The second-order valence-corrected chi connectivity index (χ2v) is 6.03. The van der Waals surface area contributed by atoms with Gasteiger partial charge in [0.25, 0.3) is 5.91 Å². The van der Waals surface area contributed by atoms with Crippen LogP contribution in [0.5, 0.6) is 0 Å². The van der Waals surface area contributed by atoms with Crippen molar-refractivity contribution in [1.29, 1.82) is 0 Å². The van der Waals surface area contributed by atoms with Gasteiger partial charge in [-0.15, -0.1) is 11.3 Å². The molecule has 2 aromatic heterocycles. The molecule has 1 atom stereocenters. The highest BCUT2D eigenvalue weighted by Gasteiger charge is 2.32. The SMILES string of the molecule is O=C(O)CC1CCCN1C(=O)c1sccc1-n1cccc1. The molecule has 1 aliphatic rings. The molecule has 6 heteroatoms. The van der Waals surface area contributed by atoms with Gasteiger partial charge in [-0.25, -0.2) is 0 Å². The molecule has 1 fully saturated rings. The summed E-state index contributed by atoms with van der Waals surface area (Å²) in [7, 11) is 0. The number of hydrogen-bond acceptors (Lipinski definition) is 3. The molecule has 110 valence electrons. The summed E-state index contributed by atoms with van der Waals surface area (Å²) in [6, 6.07) is 5.55. The molecule has 2 aromatic rings. The van der Waals surface area contributed by atoms with Crippen LogP contribution in [0.2, 0.25) is 0 Å². The van der Waals surface area contributed by atoms with Crippen LogP contribution >= 0.6 is 11.3 Å². The van der Waals surface area contributed by atoms with E-state index in [1.54, 1.807) is 4.90 Å². The molecule has 1 amide bonds. The van der Waals surface area contributed by atoms with Crippen molar-refractivity contribution in [2.24, 2.45) is 0 Å². The standard InChI is InChI=1S/C15H16N2O3S/c18-13(19)10-11-4-3-8-17(11)15(20)14-12(5-9-21-14)16-6-1-2-7-16/h1-2,5-7,9,11H,3-4,8,10H2,(H,18,19). The third-order valence-electron chi connectivity index (χ3n) is 3.77. The zero-order valence-electron chi connectivity index (χ0n) is 11.4. The van der Waals surface area contributed by atoms with Crippen molar-refractivity contribution in [3.8, 4) is 5.69 Å². The molecule has 0 aliphatic carbocycles. The molecule has 3 rings (SSSR count). The Kier molecular flexibility index (Phi) is 3.79. The Morgan fingerprint density at radius 1 is 1.33 bits per heavy atom. The van der Waals surface area contributed by atoms with Gasteiger partial charge in [0.2, 0.25) is 0 Å². The predicted octanol–water partition coefficient (Wildman–Crippen LogP) is 2.62. The third-order valence-corrected chi connectivity index (χ3v) is 4.66. The molecule has 0 saturated carbocycles. The fraction of sp³-hybridized carbons (Fsp3) is 0.333. The quantitative estimate of drug-likeness (QED) is 0.944. The van der Waals surface area contributed by atoms with Crippen LogP contribution in [0.15, 0.2) is 36.0 Å². The van der Waals surface area contributed by atoms with Gasteiger partial charge < -0.3 is 14.6 Å². The fourth-order valence-corrected chi connectivity index (χ4v) is 3.65. The van der Waals surface area contributed by atoms with Crippen molar-refractivity contribution < 1.29 is 14.7 Å². The average Bonchev–Trinajstić information content (AvgIpc) is 3.18. The topological polar surface area (TPSA) is 62.5 Å². The number of thiophene rings is 1. The van der Waals surface area contributed by atoms with Crippen LogP contribution in [0.25, 0.3) is 5.69 Å². The number of carboxylic acids is 1. The zero-order valence-corrected chi connectivity index (χ0v) is 12.3. The molecule has 1 unspecified atom stereocenters. The first kappa shape index (κ1) is 13.9. The summed E-state index contributed by atoms with van der Waals surface area (Å²) in [5, 5.41) is 10.9. The molecule has 1 saturated heterocycles. The molecular formula is C15H16N2O3S. The van der Waals surface area contributed by atoms with Crippen molar-refractivity contribution in [3.63, 3.8) is 0 Å². The Labute approximate surface area is 126 Å². The maximum atomic E-state index is 12.7. The van der Waals surface area contributed by atoms with E-state index in [9.17, 15) is 9.59 Å². The number of carboxylic acid groups (broad SMARTS) is 1. The molecule has 1 N–H and O–H groups in total. The lowest BCUT2D eigenvalue weighted by Crippen LogP contribution is -2.36. The summed E-state index contributed by atoms with van der Waals surface area (Å²) < 4.78 is 1.91. The summed E-state index contributed by atoms with van der Waals surface area (Å²) in [6.45, 7) is 0.639. The second-order valence-electron chi connectivity index (χ2n) is 5.12. The Bertz CT molecular complexity index is 648. The Morgan fingerprint density at radius 3 is 2.81 bits per heavy atom. The van der Waals surface area contributed by atoms with Crippen molar-refractivity contribution in [2.45, 2.75) is 25.3 Å². The smallest absolute Gasteiger partial charge is 0.305 e. The minimum Gasteiger partial charge on any atom is -0.481 e. The van der Waals surface area contributed by atoms with Gasteiger partial charge in [-0.3, -0.25) is 9.59 Å². The number of hydrogen-bond donors (Lipinski definition) is 1. The number of nitrogens with zero attached hydrogens (tertiary/aromatic N) is 2. The molecule has 0 bridgehead atoms. The van der Waals surface area contributed by atoms with E-state index in [1.165, 1.54) is 11.3 Å². The number of amides is 1. The highest BCUT2D eigenvalue weighted by Crippen LogP contribution is 2.28. The molecule has 21 heavy (non-hydrogen) atoms. The monoisotopic (exact) mass is 304 g/mol. The molecule has 5 nitrogen and oxygen atoms in total. The van der Waals surface area contributed by atoms with E-state index < -0.39 is 5.97 Å². The lowest BCUT2D eigenvalue weighted by Gasteiger charge is -2.23. The van der Waals surface area contributed by atoms with Crippen LogP contribution in [0.4, 0.5) is 0 Å². The summed E-state index contributed by atoms with van der Waals surface area (Å²) in [5.74, 6) is -0.908. The Hall–Kier alpha value is -2.08. The normalized spacial score (nSPS) is 18.1. The van der Waals surface area contributed by atoms with E-state index in [0.717, 1.165) is 18.5 Å². The number of aromatic nitrogens is 1. The highest BCUT2D eigenvalue weighted by atomic mass is 32.1. The van der Waals surface area contributed by atoms with E-state index >= 15 is 0 Å². The van der Waals surface area contributed by atoms with Gasteiger partial charge in [-0.2, -0.15) is 0 Å². The zero-order chi connectivity index (χ0) is 14.8. The lowest BCUT2D eigenvalue weighted by atomic mass is 10.1. The summed E-state index contributed by atoms with van der Waals surface area (Å²) >= 11 is 1.40. The molecule has 0 radical (unpaired) electrons. The van der Waals surface area contributed by atoms with Crippen LogP contribution < -0.4 is 0 Å². The third kappa shape index (κ3) is 2.71. The minimum absolute atomic E-state index is 0.0238. The van der Waals surface area contributed by atoms with E-state index in [2.05, 4.69) is 0 Å². The number of aliphatic carboxylic acids is 1. The predicted molar refractivity (Wildman–Crippen MR) is 80.0 cm³/mol. The molecule has 0 aromatic carbocycles. The summed E-state index contributed by atoms with van der Waals surface area (Å²) in [5.41, 5.74) is 0.857. The van der Waals surface area contributed by atoms with E-state index in [1.807, 2.05) is 40.5 Å². The van der Waals surface area contributed by atoms with Crippen LogP contribution in [0, 0.1) is 0 Å². The largest absolute Gasteiger partial charge is 0.481 e. The number of rotatable bonds is 4. The van der Waals surface area contributed by atoms with Gasteiger partial charge in [0, 0.05) is 25.0 Å². The van der Waals surface area contributed by atoms with Crippen molar-refractivity contribution >= 4 is 23.2 Å². The van der Waals surface area contributed by atoms with Crippen LogP contribution in [-0.2, 0) is 4.79 Å². The lowest BCUT2D eigenvalue weighted by molar-refractivity contribution is -0.137. The van der Waals surface area contributed by atoms with E-state index in [4.69, 9.17) is 5.11 Å². The number of carbonyl (C=O) groups excluding carboxylic acids is 1. The van der Waals surface area contributed by atoms with Gasteiger partial charge in [0.05, 0.1) is 12.1 Å². The molecule has 0 spiro atoms. The van der Waals surface area contributed by atoms with Gasteiger partial charge in [-0.1, -0.05) is 0 Å². The highest BCUT2D eigenvalue weighted by molar-refractivity contribution is 7.12. The van der Waals surface area contributed by atoms with Crippen molar-refractivity contribution in [3.05, 3.63) is 40.8 Å². The van der Waals surface area contributed by atoms with E-state index in [0.29, 0.717) is 11.4 Å². The number of likely N-dealkylation sites (tertiary alicyclic amines) is 1. The van der Waals surface area contributed by atoms with Gasteiger partial charge >= 0.3 is 5.97 Å². The van der Waals surface area contributed by atoms with Crippen molar-refractivity contribution in [2.75, 3.05) is 6.54 Å². The summed E-state index contributed by atoms with van der Waals surface area (Å²) in [6.07, 6.45) is 5.46. The fourth-order valence-electron chi connectivity index (χ4n) is 2.81. The van der Waals surface area contributed by atoms with Crippen LogP contribution in [0.3, 0.4) is 0 Å². The number of carbonyl (C=O) groups is 2. The first-order valence-electron chi connectivity index (χ1n) is 6.90. The van der Waals surface area contributed by atoms with Crippen molar-refractivity contribution in [1.82, 2.24) is 9.47 Å². The Morgan fingerprint density at radius 2 is 2.10 bits per heavy atom. The molecular weight excluding hydrogens is 288 g/mol. The van der Waals surface area contributed by atoms with Crippen LogP contribution in [-0.4, -0.2) is 39.0 Å². The molecule has 3 heterocycles. The minimum atomic E-state index is -0.850. The Balaban J connectivity index is 1.86. The van der Waals surface area contributed by atoms with Gasteiger partial charge in [0.1, 0.15) is 4.88 Å².